The first kappa shape index (κ1) is 33.3. The Labute approximate surface area is 249 Å². The zero-order valence-corrected chi connectivity index (χ0v) is 26.3. The number of piperidine rings is 1. The van der Waals surface area contributed by atoms with Crippen LogP contribution in [0.1, 0.15) is 83.7 Å². The number of hydrogen-bond acceptors (Lipinski definition) is 6. The van der Waals surface area contributed by atoms with Crippen molar-refractivity contribution in [3.05, 3.63) is 53.3 Å². The molecule has 232 valence electrons. The molecule has 1 saturated heterocycles. The monoisotopic (exact) mass is 586 g/mol. The minimum Gasteiger partial charge on any atom is -0.493 e. The molecule has 0 radical (unpaired) electrons. The van der Waals surface area contributed by atoms with Crippen LogP contribution in [0.2, 0.25) is 0 Å². The van der Waals surface area contributed by atoms with Gasteiger partial charge in [-0.15, -0.1) is 0 Å². The fourth-order valence-electron chi connectivity index (χ4n) is 5.14. The van der Waals surface area contributed by atoms with Crippen LogP contribution in [0.3, 0.4) is 0 Å². The second-order valence-corrected chi connectivity index (χ2v) is 12.7. The molecule has 1 N–H and O–H groups in total. The molecule has 2 amide bonds. The Hall–Kier alpha value is -3.17. The highest BCUT2D eigenvalue weighted by Gasteiger charge is 2.34. The van der Waals surface area contributed by atoms with Gasteiger partial charge in [-0.2, -0.15) is 0 Å². The number of carbonyl (C=O) groups is 2. The summed E-state index contributed by atoms with van der Waals surface area (Å²) in [6, 6.07) is 9.21. The first-order valence-electron chi connectivity index (χ1n) is 14.7. The summed E-state index contributed by atoms with van der Waals surface area (Å²) in [5.41, 5.74) is -0.0492. The van der Waals surface area contributed by atoms with E-state index in [1.54, 1.807) is 56.2 Å². The lowest BCUT2D eigenvalue weighted by Gasteiger charge is -2.41. The maximum Gasteiger partial charge on any atom is 0.410 e. The lowest BCUT2D eigenvalue weighted by molar-refractivity contribution is 0.00752. The predicted octanol–water partition coefficient (Wildman–Crippen LogP) is 6.39. The molecule has 0 aromatic heterocycles. The molecule has 1 aliphatic rings. The van der Waals surface area contributed by atoms with Gasteiger partial charge in [-0.3, -0.25) is 4.79 Å². The standard InChI is InChI=1S/C33H47FN2O6/c1-22(2)36(25-11-9-16-35(21-25)31(38)42-32(3,4)5)30(37)23-12-14-26(29(19-23)41-18-10-17-40-8)27-20-24(33(6,7)39)13-15-28(27)34/h12-15,19-20,22,25,39H,9-11,16-18,21H2,1-8H3/t25-/m1/s1. The van der Waals surface area contributed by atoms with Crippen molar-refractivity contribution in [2.24, 2.45) is 0 Å². The van der Waals surface area contributed by atoms with Crippen molar-refractivity contribution in [1.29, 1.82) is 0 Å². The normalized spacial score (nSPS) is 16.0. The van der Waals surface area contributed by atoms with Crippen molar-refractivity contribution in [1.82, 2.24) is 9.80 Å². The topological polar surface area (TPSA) is 88.5 Å². The molecule has 0 unspecified atom stereocenters. The molecule has 2 aromatic carbocycles. The van der Waals surface area contributed by atoms with E-state index in [-0.39, 0.29) is 29.6 Å². The van der Waals surface area contributed by atoms with Gasteiger partial charge in [-0.05, 0) is 97.2 Å². The lowest BCUT2D eigenvalue weighted by atomic mass is 9.93. The molecule has 2 aromatic rings. The van der Waals surface area contributed by atoms with Crippen LogP contribution in [0.15, 0.2) is 36.4 Å². The summed E-state index contributed by atoms with van der Waals surface area (Å²) in [5, 5.41) is 10.5. The fourth-order valence-corrected chi connectivity index (χ4v) is 5.14. The molecule has 1 heterocycles. The van der Waals surface area contributed by atoms with Gasteiger partial charge in [0.05, 0.1) is 18.2 Å². The van der Waals surface area contributed by atoms with E-state index < -0.39 is 17.0 Å². The van der Waals surface area contributed by atoms with Crippen LogP contribution in [0.5, 0.6) is 5.75 Å². The molecule has 1 aliphatic heterocycles. The summed E-state index contributed by atoms with van der Waals surface area (Å²) in [6.07, 6.45) is 1.75. The number of halogens is 1. The third kappa shape index (κ3) is 8.67. The van der Waals surface area contributed by atoms with Gasteiger partial charge < -0.3 is 29.1 Å². The molecule has 9 heteroatoms. The Balaban J connectivity index is 1.96. The first-order chi connectivity index (χ1) is 19.6. The first-order valence-corrected chi connectivity index (χ1v) is 14.7. The molecule has 1 fully saturated rings. The van der Waals surface area contributed by atoms with Crippen molar-refractivity contribution < 1.29 is 33.3 Å². The highest BCUT2D eigenvalue weighted by Crippen LogP contribution is 2.36. The molecular weight excluding hydrogens is 539 g/mol. The van der Waals surface area contributed by atoms with E-state index in [1.165, 1.54) is 6.07 Å². The molecule has 0 aliphatic carbocycles. The number of carbonyl (C=O) groups excluding carboxylic acids is 2. The van der Waals surface area contributed by atoms with E-state index in [9.17, 15) is 14.7 Å². The van der Waals surface area contributed by atoms with E-state index in [0.717, 1.165) is 12.8 Å². The van der Waals surface area contributed by atoms with Crippen LogP contribution in [0.4, 0.5) is 9.18 Å². The average molecular weight is 587 g/mol. The van der Waals surface area contributed by atoms with Gasteiger partial charge in [-0.1, -0.05) is 6.07 Å². The number of aliphatic hydroxyl groups is 1. The number of benzene rings is 2. The summed E-state index contributed by atoms with van der Waals surface area (Å²) in [4.78, 5) is 30.3. The van der Waals surface area contributed by atoms with E-state index >= 15 is 4.39 Å². The number of ether oxygens (including phenoxy) is 3. The SMILES string of the molecule is COCCCOc1cc(C(=O)N(C(C)C)[C@@H]2CCCN(C(=O)OC(C)(C)C)C2)ccc1-c1cc(C(C)(C)O)ccc1F. The van der Waals surface area contributed by atoms with Gasteiger partial charge in [0.1, 0.15) is 17.2 Å². The highest BCUT2D eigenvalue weighted by atomic mass is 19.1. The van der Waals surface area contributed by atoms with Crippen LogP contribution in [0, 0.1) is 5.82 Å². The molecule has 0 bridgehead atoms. The van der Waals surface area contributed by atoms with Gasteiger partial charge in [0.2, 0.25) is 0 Å². The van der Waals surface area contributed by atoms with Crippen LogP contribution in [-0.2, 0) is 15.1 Å². The Bertz CT molecular complexity index is 1230. The van der Waals surface area contributed by atoms with Gasteiger partial charge in [0.15, 0.2) is 0 Å². The number of amides is 2. The maximum absolute atomic E-state index is 15.1. The Morgan fingerprint density at radius 2 is 1.79 bits per heavy atom. The third-order valence-corrected chi connectivity index (χ3v) is 7.17. The van der Waals surface area contributed by atoms with Crippen LogP contribution < -0.4 is 4.74 Å². The van der Waals surface area contributed by atoms with E-state index in [2.05, 4.69) is 0 Å². The summed E-state index contributed by atoms with van der Waals surface area (Å²) in [7, 11) is 1.61. The fraction of sp³-hybridized carbons (Fsp3) is 0.576. The summed E-state index contributed by atoms with van der Waals surface area (Å²) >= 11 is 0. The van der Waals surface area contributed by atoms with Gasteiger partial charge in [0.25, 0.3) is 5.91 Å². The van der Waals surface area contributed by atoms with Crippen LogP contribution in [0.25, 0.3) is 11.1 Å². The Kier molecular flexibility index (Phi) is 11.0. The van der Waals surface area contributed by atoms with Gasteiger partial charge in [0, 0.05) is 56.0 Å². The number of rotatable bonds is 10. The zero-order valence-electron chi connectivity index (χ0n) is 26.3. The molecule has 0 spiro atoms. The molecule has 8 nitrogen and oxygen atoms in total. The van der Waals surface area contributed by atoms with Crippen LogP contribution in [-0.4, -0.2) is 78.0 Å². The lowest BCUT2D eigenvalue weighted by Crippen LogP contribution is -2.54. The van der Waals surface area contributed by atoms with Crippen molar-refractivity contribution in [2.75, 3.05) is 33.4 Å². The average Bonchev–Trinajstić information content (AvgIpc) is 2.90. The van der Waals surface area contributed by atoms with Gasteiger partial charge >= 0.3 is 6.09 Å². The zero-order chi connectivity index (χ0) is 31.2. The molecule has 1 atom stereocenters. The third-order valence-electron chi connectivity index (χ3n) is 7.17. The van der Waals surface area contributed by atoms with E-state index in [1.807, 2.05) is 39.5 Å². The molecule has 3 rings (SSSR count). The highest BCUT2D eigenvalue weighted by molar-refractivity contribution is 5.96. The maximum atomic E-state index is 15.1. The summed E-state index contributed by atoms with van der Waals surface area (Å²) in [6.45, 7) is 14.5. The minimum absolute atomic E-state index is 0.132. The van der Waals surface area contributed by atoms with E-state index in [0.29, 0.717) is 55.2 Å². The number of hydrogen-bond donors (Lipinski definition) is 1. The van der Waals surface area contributed by atoms with Gasteiger partial charge in [-0.25, -0.2) is 9.18 Å². The smallest absolute Gasteiger partial charge is 0.410 e. The quantitative estimate of drug-likeness (QED) is 0.325. The Morgan fingerprint density at radius 1 is 1.07 bits per heavy atom. The second kappa shape index (κ2) is 13.9. The molecule has 42 heavy (non-hydrogen) atoms. The number of nitrogens with zero attached hydrogens (tertiary/aromatic N) is 2. The molecular formula is C33H47FN2O6. The van der Waals surface area contributed by atoms with Crippen LogP contribution >= 0.6 is 0 Å². The van der Waals surface area contributed by atoms with Crippen molar-refractivity contribution >= 4 is 12.0 Å². The number of methoxy groups -OCH3 is 1. The van der Waals surface area contributed by atoms with Crippen molar-refractivity contribution in [3.63, 3.8) is 0 Å². The molecule has 0 saturated carbocycles. The summed E-state index contributed by atoms with van der Waals surface area (Å²) in [5.74, 6) is -0.288. The summed E-state index contributed by atoms with van der Waals surface area (Å²) < 4.78 is 32.0. The second-order valence-electron chi connectivity index (χ2n) is 12.7. The predicted molar refractivity (Wildman–Crippen MR) is 161 cm³/mol. The van der Waals surface area contributed by atoms with E-state index in [4.69, 9.17) is 14.2 Å². The largest absolute Gasteiger partial charge is 0.493 e. The Morgan fingerprint density at radius 3 is 2.40 bits per heavy atom. The van der Waals surface area contributed by atoms with Crippen molar-refractivity contribution in [2.45, 2.75) is 91.0 Å². The minimum atomic E-state index is -1.16. The van der Waals surface area contributed by atoms with Crippen molar-refractivity contribution in [3.8, 4) is 16.9 Å². The number of likely N-dealkylation sites (tertiary alicyclic amines) is 1.